The van der Waals surface area contributed by atoms with Gasteiger partial charge in [-0.05, 0) is 39.9 Å². The zero-order valence-corrected chi connectivity index (χ0v) is 15.1. The van der Waals surface area contributed by atoms with Crippen LogP contribution in [0.3, 0.4) is 0 Å². The normalized spacial score (nSPS) is 20.2. The number of amides is 1. The van der Waals surface area contributed by atoms with Gasteiger partial charge in [0.2, 0.25) is 0 Å². The molecule has 0 fully saturated rings. The summed E-state index contributed by atoms with van der Waals surface area (Å²) in [5.74, 6) is 0.260. The van der Waals surface area contributed by atoms with Gasteiger partial charge in [-0.3, -0.25) is 4.79 Å². The van der Waals surface area contributed by atoms with Crippen molar-refractivity contribution in [1.82, 2.24) is 19.5 Å². The minimum atomic E-state index is -0.0505. The predicted octanol–water partition coefficient (Wildman–Crippen LogP) is 3.81. The van der Waals surface area contributed by atoms with Crippen LogP contribution in [0.1, 0.15) is 47.4 Å². The molecule has 24 heavy (non-hydrogen) atoms. The number of aromatic nitrogens is 3. The van der Waals surface area contributed by atoms with Gasteiger partial charge >= 0.3 is 0 Å². The number of benzene rings is 1. The standard InChI is InChI=1S/C18H17BrN4O/c1-11-9-22(12(2)15-6-4-3-5-14(11)15)18(24)16-7-17-20-8-13(19)10-23(17)21-16/h3-8,10-12H,9H2,1-2H3/t11-,12+/m0/s1. The van der Waals surface area contributed by atoms with Crippen molar-refractivity contribution in [2.24, 2.45) is 0 Å². The van der Waals surface area contributed by atoms with Crippen LogP contribution in [0.2, 0.25) is 0 Å². The Morgan fingerprint density at radius 3 is 2.79 bits per heavy atom. The Labute approximate surface area is 148 Å². The van der Waals surface area contributed by atoms with E-state index in [1.54, 1.807) is 23.0 Å². The Morgan fingerprint density at radius 1 is 1.25 bits per heavy atom. The highest BCUT2D eigenvalue weighted by atomic mass is 79.9. The first-order valence-electron chi connectivity index (χ1n) is 7.95. The van der Waals surface area contributed by atoms with Crippen LogP contribution >= 0.6 is 15.9 Å². The second-order valence-electron chi connectivity index (χ2n) is 6.27. The first-order chi connectivity index (χ1) is 11.5. The van der Waals surface area contributed by atoms with Gasteiger partial charge in [-0.15, -0.1) is 0 Å². The SMILES string of the molecule is C[C@@H]1c2ccccc2[C@@H](C)CN1C(=O)c1cc2ncc(Br)cn2n1. The Balaban J connectivity index is 1.71. The zero-order chi connectivity index (χ0) is 16.8. The molecule has 0 spiro atoms. The summed E-state index contributed by atoms with van der Waals surface area (Å²) in [6.45, 7) is 4.93. The lowest BCUT2D eigenvalue weighted by atomic mass is 9.86. The molecule has 0 N–H and O–H groups in total. The third kappa shape index (κ3) is 2.41. The van der Waals surface area contributed by atoms with Crippen molar-refractivity contribution in [2.75, 3.05) is 6.54 Å². The molecule has 0 radical (unpaired) electrons. The fourth-order valence-corrected chi connectivity index (χ4v) is 3.72. The van der Waals surface area contributed by atoms with E-state index in [1.807, 2.05) is 11.0 Å². The number of hydrogen-bond donors (Lipinski definition) is 0. The number of carbonyl (C=O) groups excluding carboxylic acids is 1. The molecule has 5 nitrogen and oxygen atoms in total. The third-order valence-corrected chi connectivity index (χ3v) is 5.09. The summed E-state index contributed by atoms with van der Waals surface area (Å²) >= 11 is 3.37. The molecule has 0 unspecified atom stereocenters. The Kier molecular flexibility index (Phi) is 3.64. The van der Waals surface area contributed by atoms with Crippen molar-refractivity contribution >= 4 is 27.5 Å². The maximum Gasteiger partial charge on any atom is 0.274 e. The van der Waals surface area contributed by atoms with Gasteiger partial charge < -0.3 is 4.90 Å². The fourth-order valence-electron chi connectivity index (χ4n) is 3.42. The molecule has 1 aliphatic heterocycles. The maximum absolute atomic E-state index is 13.0. The molecule has 3 heterocycles. The monoisotopic (exact) mass is 384 g/mol. The molecule has 1 aromatic carbocycles. The first-order valence-corrected chi connectivity index (χ1v) is 8.74. The van der Waals surface area contributed by atoms with Crippen LogP contribution in [-0.4, -0.2) is 31.9 Å². The second kappa shape index (κ2) is 5.70. The van der Waals surface area contributed by atoms with E-state index in [-0.39, 0.29) is 11.9 Å². The summed E-state index contributed by atoms with van der Waals surface area (Å²) in [5, 5.41) is 4.40. The van der Waals surface area contributed by atoms with E-state index in [2.05, 4.69) is 58.1 Å². The molecule has 6 heteroatoms. The smallest absolute Gasteiger partial charge is 0.274 e. The predicted molar refractivity (Wildman–Crippen MR) is 95.0 cm³/mol. The fraction of sp³-hybridized carbons (Fsp3) is 0.278. The topological polar surface area (TPSA) is 50.5 Å². The molecule has 3 aromatic rings. The molecular weight excluding hydrogens is 368 g/mol. The highest BCUT2D eigenvalue weighted by Gasteiger charge is 2.32. The van der Waals surface area contributed by atoms with E-state index in [1.165, 1.54) is 11.1 Å². The van der Waals surface area contributed by atoms with Crippen molar-refractivity contribution in [1.29, 1.82) is 0 Å². The molecule has 0 saturated carbocycles. The molecule has 2 atom stereocenters. The summed E-state index contributed by atoms with van der Waals surface area (Å²) in [6.07, 6.45) is 3.50. The van der Waals surface area contributed by atoms with E-state index in [0.717, 1.165) is 4.47 Å². The molecule has 1 amide bonds. The van der Waals surface area contributed by atoms with E-state index in [4.69, 9.17) is 0 Å². The summed E-state index contributed by atoms with van der Waals surface area (Å²) in [6, 6.07) is 10.1. The highest BCUT2D eigenvalue weighted by molar-refractivity contribution is 9.10. The van der Waals surface area contributed by atoms with Gasteiger partial charge in [0.05, 0.1) is 10.5 Å². The van der Waals surface area contributed by atoms with Crippen molar-refractivity contribution in [3.8, 4) is 0 Å². The van der Waals surface area contributed by atoms with Gasteiger partial charge in [-0.2, -0.15) is 5.10 Å². The van der Waals surface area contributed by atoms with Crippen LogP contribution in [0.25, 0.3) is 5.65 Å². The average molecular weight is 385 g/mol. The number of halogens is 1. The van der Waals surface area contributed by atoms with Gasteiger partial charge in [0, 0.05) is 25.0 Å². The second-order valence-corrected chi connectivity index (χ2v) is 7.18. The van der Waals surface area contributed by atoms with Gasteiger partial charge in [0.15, 0.2) is 11.3 Å². The average Bonchev–Trinajstić information content (AvgIpc) is 3.00. The van der Waals surface area contributed by atoms with E-state index in [0.29, 0.717) is 23.8 Å². The number of nitrogens with zero attached hydrogens (tertiary/aromatic N) is 4. The van der Waals surface area contributed by atoms with Gasteiger partial charge in [-0.1, -0.05) is 31.2 Å². The van der Waals surface area contributed by atoms with Crippen LogP contribution < -0.4 is 0 Å². The summed E-state index contributed by atoms with van der Waals surface area (Å²) in [4.78, 5) is 19.2. The molecule has 4 rings (SSSR count). The van der Waals surface area contributed by atoms with E-state index < -0.39 is 0 Å². The molecular formula is C18H17BrN4O. The third-order valence-electron chi connectivity index (χ3n) is 4.68. The van der Waals surface area contributed by atoms with E-state index in [9.17, 15) is 4.79 Å². The minimum Gasteiger partial charge on any atom is -0.330 e. The van der Waals surface area contributed by atoms with Crippen LogP contribution in [0.4, 0.5) is 0 Å². The van der Waals surface area contributed by atoms with Crippen LogP contribution in [0.5, 0.6) is 0 Å². The Morgan fingerprint density at radius 2 is 2.00 bits per heavy atom. The molecule has 1 aliphatic rings. The Bertz CT molecular complexity index is 936. The van der Waals surface area contributed by atoms with Crippen molar-refractivity contribution in [3.63, 3.8) is 0 Å². The quantitative estimate of drug-likeness (QED) is 0.640. The minimum absolute atomic E-state index is 0.0365. The van der Waals surface area contributed by atoms with E-state index >= 15 is 0 Å². The summed E-state index contributed by atoms with van der Waals surface area (Å²) < 4.78 is 2.45. The van der Waals surface area contributed by atoms with Crippen LogP contribution in [0, 0.1) is 0 Å². The molecule has 0 saturated heterocycles. The molecule has 2 aromatic heterocycles. The highest BCUT2D eigenvalue weighted by Crippen LogP contribution is 2.36. The molecule has 0 bridgehead atoms. The first kappa shape index (κ1) is 15.3. The van der Waals surface area contributed by atoms with Crippen molar-refractivity contribution in [3.05, 3.63) is 64.0 Å². The van der Waals surface area contributed by atoms with Gasteiger partial charge in [0.25, 0.3) is 5.91 Å². The van der Waals surface area contributed by atoms with Gasteiger partial charge in [-0.25, -0.2) is 9.50 Å². The maximum atomic E-state index is 13.0. The summed E-state index contributed by atoms with van der Waals surface area (Å²) in [7, 11) is 0. The lowest BCUT2D eigenvalue weighted by molar-refractivity contribution is 0.0653. The lowest BCUT2D eigenvalue weighted by Gasteiger charge is -2.38. The van der Waals surface area contributed by atoms with Crippen LogP contribution in [0.15, 0.2) is 47.2 Å². The number of fused-ring (bicyclic) bond motifs is 2. The number of rotatable bonds is 1. The van der Waals surface area contributed by atoms with Crippen LogP contribution in [-0.2, 0) is 0 Å². The summed E-state index contributed by atoms with van der Waals surface area (Å²) in [5.41, 5.74) is 3.64. The molecule has 122 valence electrons. The van der Waals surface area contributed by atoms with Crippen molar-refractivity contribution in [2.45, 2.75) is 25.8 Å². The molecule has 0 aliphatic carbocycles. The Hall–Kier alpha value is -2.21. The van der Waals surface area contributed by atoms with Gasteiger partial charge in [0.1, 0.15) is 0 Å². The number of carbonyl (C=O) groups is 1. The lowest BCUT2D eigenvalue weighted by Crippen LogP contribution is -2.40. The largest absolute Gasteiger partial charge is 0.330 e. The van der Waals surface area contributed by atoms with Crippen molar-refractivity contribution < 1.29 is 4.79 Å². The zero-order valence-electron chi connectivity index (χ0n) is 13.5. The number of hydrogen-bond acceptors (Lipinski definition) is 3.